The van der Waals surface area contributed by atoms with Gasteiger partial charge in [-0.25, -0.2) is 4.98 Å². The average molecular weight is 318 g/mol. The van der Waals surface area contributed by atoms with E-state index in [9.17, 15) is 13.2 Å². The molecule has 0 saturated carbocycles. The van der Waals surface area contributed by atoms with Crippen LogP contribution in [0, 0.1) is 0 Å². The summed E-state index contributed by atoms with van der Waals surface area (Å²) in [5.41, 5.74) is 1.56. The third-order valence-corrected chi connectivity index (χ3v) is 3.34. The zero-order valence-corrected chi connectivity index (χ0v) is 12.0. The van der Waals surface area contributed by atoms with Crippen LogP contribution in [-0.4, -0.2) is 9.97 Å². The summed E-state index contributed by atoms with van der Waals surface area (Å²) < 4.78 is 43.4. The average Bonchev–Trinajstić information content (AvgIpc) is 3.07. The number of nitrogens with zero attached hydrogens (tertiary/aromatic N) is 1. The Balaban J connectivity index is 1.74. The van der Waals surface area contributed by atoms with Crippen LogP contribution in [0.25, 0.3) is 11.3 Å². The van der Waals surface area contributed by atoms with Crippen molar-refractivity contribution in [1.82, 2.24) is 9.97 Å². The van der Waals surface area contributed by atoms with Crippen LogP contribution in [0.15, 0.2) is 61.1 Å². The van der Waals surface area contributed by atoms with Crippen molar-refractivity contribution in [3.63, 3.8) is 0 Å². The Hall–Kier alpha value is -2.76. The minimum Gasteiger partial charge on any atom is -0.488 e. The Bertz CT molecular complexity index is 765. The number of benzene rings is 2. The molecule has 3 rings (SSSR count). The molecule has 0 fully saturated rings. The molecule has 118 valence electrons. The highest BCUT2D eigenvalue weighted by molar-refractivity contribution is 5.66. The maximum absolute atomic E-state index is 12.5. The van der Waals surface area contributed by atoms with E-state index in [1.807, 2.05) is 18.2 Å². The smallest absolute Gasteiger partial charge is 0.416 e. The molecule has 0 aliphatic carbocycles. The minimum absolute atomic E-state index is 0.180. The normalized spacial score (nSPS) is 11.4. The molecule has 0 aliphatic heterocycles. The van der Waals surface area contributed by atoms with E-state index in [4.69, 9.17) is 4.74 Å². The Labute approximate surface area is 130 Å². The van der Waals surface area contributed by atoms with Gasteiger partial charge in [0.25, 0.3) is 0 Å². The Morgan fingerprint density at radius 2 is 1.74 bits per heavy atom. The van der Waals surface area contributed by atoms with E-state index in [0.717, 1.165) is 23.4 Å². The van der Waals surface area contributed by atoms with Crippen molar-refractivity contribution in [2.75, 3.05) is 0 Å². The van der Waals surface area contributed by atoms with Gasteiger partial charge in [-0.05, 0) is 29.8 Å². The Kier molecular flexibility index (Phi) is 4.06. The first-order valence-corrected chi connectivity index (χ1v) is 6.91. The summed E-state index contributed by atoms with van der Waals surface area (Å²) in [6, 6.07) is 12.3. The van der Waals surface area contributed by atoms with Crippen LogP contribution in [-0.2, 0) is 12.8 Å². The lowest BCUT2D eigenvalue weighted by atomic mass is 10.1. The molecule has 0 unspecified atom stereocenters. The van der Waals surface area contributed by atoms with Crippen molar-refractivity contribution in [3.05, 3.63) is 72.2 Å². The lowest BCUT2D eigenvalue weighted by molar-refractivity contribution is -0.137. The molecule has 0 saturated heterocycles. The molecule has 23 heavy (non-hydrogen) atoms. The molecule has 0 bridgehead atoms. The summed E-state index contributed by atoms with van der Waals surface area (Å²) in [7, 11) is 0. The second-order valence-electron chi connectivity index (χ2n) is 4.93. The van der Waals surface area contributed by atoms with Gasteiger partial charge in [-0.15, -0.1) is 0 Å². The second kappa shape index (κ2) is 6.16. The quantitative estimate of drug-likeness (QED) is 0.759. The first kappa shape index (κ1) is 15.1. The largest absolute Gasteiger partial charge is 0.488 e. The molecule has 1 N–H and O–H groups in total. The van der Waals surface area contributed by atoms with Crippen LogP contribution in [0.3, 0.4) is 0 Å². The highest BCUT2D eigenvalue weighted by atomic mass is 19.4. The zero-order chi connectivity index (χ0) is 16.3. The lowest BCUT2D eigenvalue weighted by Crippen LogP contribution is -2.05. The van der Waals surface area contributed by atoms with E-state index in [0.29, 0.717) is 11.3 Å². The molecule has 0 spiro atoms. The fourth-order valence-corrected chi connectivity index (χ4v) is 2.16. The molecule has 3 nitrogen and oxygen atoms in total. The first-order chi connectivity index (χ1) is 11.0. The van der Waals surface area contributed by atoms with Crippen molar-refractivity contribution in [2.24, 2.45) is 0 Å². The summed E-state index contributed by atoms with van der Waals surface area (Å²) in [4.78, 5) is 7.06. The molecule has 1 aromatic heterocycles. The Morgan fingerprint density at radius 1 is 1.00 bits per heavy atom. The van der Waals surface area contributed by atoms with Crippen LogP contribution in [0.2, 0.25) is 0 Å². The maximum atomic E-state index is 12.5. The van der Waals surface area contributed by atoms with Gasteiger partial charge in [-0.2, -0.15) is 13.2 Å². The first-order valence-electron chi connectivity index (χ1n) is 6.91. The molecule has 2 aromatic carbocycles. The number of H-pyrrole nitrogens is 1. The lowest BCUT2D eigenvalue weighted by Gasteiger charge is -2.11. The number of nitrogens with one attached hydrogen (secondary N) is 1. The van der Waals surface area contributed by atoms with Crippen molar-refractivity contribution in [1.29, 1.82) is 0 Å². The number of hydrogen-bond donors (Lipinski definition) is 1. The predicted octanol–water partition coefficient (Wildman–Crippen LogP) is 4.67. The number of aromatic nitrogens is 2. The van der Waals surface area contributed by atoms with Crippen molar-refractivity contribution in [3.8, 4) is 17.0 Å². The zero-order valence-electron chi connectivity index (χ0n) is 12.0. The van der Waals surface area contributed by atoms with Gasteiger partial charge in [0.2, 0.25) is 0 Å². The molecule has 0 amide bonds. The van der Waals surface area contributed by atoms with Gasteiger partial charge in [0.05, 0.1) is 17.6 Å². The SMILES string of the molecule is FC(F)(F)c1ccc(COc2ccccc2-c2c[nH]cn2)cc1. The minimum atomic E-state index is -4.33. The maximum Gasteiger partial charge on any atom is 0.416 e. The standard InChI is InChI=1S/C17H13F3N2O/c18-17(19,20)13-7-5-12(6-8-13)10-23-16-4-2-1-3-14(16)15-9-21-11-22-15/h1-9,11H,10H2,(H,21,22). The molecule has 3 aromatic rings. The monoisotopic (exact) mass is 318 g/mol. The van der Waals surface area contributed by atoms with Crippen molar-refractivity contribution in [2.45, 2.75) is 12.8 Å². The number of aromatic amines is 1. The van der Waals surface area contributed by atoms with Gasteiger partial charge in [0.15, 0.2) is 0 Å². The highest BCUT2D eigenvalue weighted by Gasteiger charge is 2.29. The number of para-hydroxylation sites is 1. The van der Waals surface area contributed by atoms with Crippen LogP contribution in [0.5, 0.6) is 5.75 Å². The summed E-state index contributed by atoms with van der Waals surface area (Å²) in [5, 5.41) is 0. The van der Waals surface area contributed by atoms with Gasteiger partial charge in [-0.3, -0.25) is 0 Å². The number of halogens is 3. The Morgan fingerprint density at radius 3 is 2.39 bits per heavy atom. The molecule has 0 aliphatic rings. The number of hydrogen-bond acceptors (Lipinski definition) is 2. The molecular formula is C17H13F3N2O. The van der Waals surface area contributed by atoms with E-state index in [2.05, 4.69) is 9.97 Å². The number of alkyl halides is 3. The second-order valence-corrected chi connectivity index (χ2v) is 4.93. The molecule has 0 radical (unpaired) electrons. The van der Waals surface area contributed by atoms with Gasteiger partial charge >= 0.3 is 6.18 Å². The number of imidazole rings is 1. The van der Waals surface area contributed by atoms with E-state index in [-0.39, 0.29) is 6.61 Å². The van der Waals surface area contributed by atoms with Crippen molar-refractivity contribution < 1.29 is 17.9 Å². The predicted molar refractivity (Wildman–Crippen MR) is 79.8 cm³/mol. The summed E-state index contributed by atoms with van der Waals surface area (Å²) in [5.74, 6) is 0.625. The van der Waals surface area contributed by atoms with Gasteiger partial charge in [0, 0.05) is 11.8 Å². The van der Waals surface area contributed by atoms with Gasteiger partial charge in [-0.1, -0.05) is 24.3 Å². The van der Waals surface area contributed by atoms with Gasteiger partial charge < -0.3 is 9.72 Å². The molecule has 0 atom stereocenters. The van der Waals surface area contributed by atoms with Crippen LogP contribution >= 0.6 is 0 Å². The summed E-state index contributed by atoms with van der Waals surface area (Å²) in [6.45, 7) is 0.180. The van der Waals surface area contributed by atoms with E-state index < -0.39 is 11.7 Å². The fourth-order valence-electron chi connectivity index (χ4n) is 2.16. The molecular weight excluding hydrogens is 305 g/mol. The van der Waals surface area contributed by atoms with Gasteiger partial charge in [0.1, 0.15) is 12.4 Å². The topological polar surface area (TPSA) is 37.9 Å². The van der Waals surface area contributed by atoms with E-state index >= 15 is 0 Å². The third kappa shape index (κ3) is 3.53. The van der Waals surface area contributed by atoms with Crippen LogP contribution in [0.4, 0.5) is 13.2 Å². The third-order valence-electron chi connectivity index (χ3n) is 3.34. The van der Waals surface area contributed by atoms with E-state index in [1.165, 1.54) is 12.1 Å². The van der Waals surface area contributed by atoms with Crippen LogP contribution < -0.4 is 4.74 Å². The number of rotatable bonds is 4. The highest BCUT2D eigenvalue weighted by Crippen LogP contribution is 2.30. The van der Waals surface area contributed by atoms with E-state index in [1.54, 1.807) is 18.6 Å². The number of ether oxygens (including phenoxy) is 1. The van der Waals surface area contributed by atoms with Crippen LogP contribution in [0.1, 0.15) is 11.1 Å². The molecule has 1 heterocycles. The molecule has 6 heteroatoms. The summed E-state index contributed by atoms with van der Waals surface area (Å²) in [6.07, 6.45) is -1.01. The van der Waals surface area contributed by atoms with Crippen molar-refractivity contribution >= 4 is 0 Å². The fraction of sp³-hybridized carbons (Fsp3) is 0.118. The summed E-state index contributed by atoms with van der Waals surface area (Å²) >= 11 is 0.